The zero-order chi connectivity index (χ0) is 15.0. The average molecular weight is 389 g/mol. The highest BCUT2D eigenvalue weighted by Gasteiger charge is 2.20. The smallest absolute Gasteiger partial charge is 0.311 e. The van der Waals surface area contributed by atoms with Crippen LogP contribution in [0.25, 0.3) is 4.96 Å². The number of alkyl halides is 1. The normalized spacial score (nSPS) is 11.0. The van der Waals surface area contributed by atoms with E-state index in [1.54, 1.807) is 0 Å². The molecular weight excluding hydrogens is 382 g/mol. The molecule has 0 unspecified atom stereocenters. The summed E-state index contributed by atoms with van der Waals surface area (Å²) >= 11 is 10.7. The maximum atomic E-state index is 11.0. The van der Waals surface area contributed by atoms with Crippen LogP contribution in [0.5, 0.6) is 11.6 Å². The molecule has 0 bridgehead atoms. The lowest BCUT2D eigenvalue weighted by molar-refractivity contribution is -0.385. The fourth-order valence-electron chi connectivity index (χ4n) is 1.84. The van der Waals surface area contributed by atoms with Crippen molar-refractivity contribution in [1.29, 1.82) is 0 Å². The number of thiazole rings is 1. The number of hydrogen-bond donors (Lipinski definition) is 0. The largest absolute Gasteiger partial charge is 0.430 e. The maximum absolute atomic E-state index is 11.0. The van der Waals surface area contributed by atoms with Crippen LogP contribution in [-0.4, -0.2) is 14.3 Å². The molecule has 1 aromatic carbocycles. The van der Waals surface area contributed by atoms with Crippen LogP contribution in [0, 0.1) is 10.1 Å². The van der Waals surface area contributed by atoms with Crippen LogP contribution in [0.4, 0.5) is 5.69 Å². The van der Waals surface area contributed by atoms with E-state index in [4.69, 9.17) is 16.3 Å². The quantitative estimate of drug-likeness (QED) is 0.371. The van der Waals surface area contributed by atoms with Crippen LogP contribution >= 0.6 is 38.9 Å². The van der Waals surface area contributed by atoms with Crippen molar-refractivity contribution in [1.82, 2.24) is 9.38 Å². The van der Waals surface area contributed by atoms with Crippen LogP contribution in [0.3, 0.4) is 0 Å². The van der Waals surface area contributed by atoms with Gasteiger partial charge in [0.05, 0.1) is 10.6 Å². The van der Waals surface area contributed by atoms with Gasteiger partial charge in [-0.1, -0.05) is 27.5 Å². The first-order chi connectivity index (χ1) is 10.1. The van der Waals surface area contributed by atoms with Gasteiger partial charge in [-0.3, -0.25) is 14.5 Å². The molecule has 0 saturated heterocycles. The average Bonchev–Trinajstić information content (AvgIpc) is 2.98. The SMILES string of the molecule is O=[N+]([O-])c1ccc(Cl)cc1Oc1nc2sccn2c1CBr. The van der Waals surface area contributed by atoms with Gasteiger partial charge in [0, 0.05) is 34.1 Å². The maximum Gasteiger partial charge on any atom is 0.311 e. The fourth-order valence-corrected chi connectivity index (χ4v) is 3.24. The number of benzene rings is 1. The molecule has 0 atom stereocenters. The van der Waals surface area contributed by atoms with Gasteiger partial charge < -0.3 is 4.74 Å². The van der Waals surface area contributed by atoms with Crippen molar-refractivity contribution in [3.63, 3.8) is 0 Å². The molecule has 0 spiro atoms. The summed E-state index contributed by atoms with van der Waals surface area (Å²) in [6.07, 6.45) is 1.86. The molecule has 21 heavy (non-hydrogen) atoms. The van der Waals surface area contributed by atoms with E-state index in [2.05, 4.69) is 20.9 Å². The summed E-state index contributed by atoms with van der Waals surface area (Å²) in [4.78, 5) is 15.6. The molecular formula is C12H7BrClN3O3S. The summed E-state index contributed by atoms with van der Waals surface area (Å²) in [7, 11) is 0. The third-order valence-corrected chi connectivity index (χ3v) is 4.30. The number of aromatic nitrogens is 2. The van der Waals surface area contributed by atoms with E-state index in [0.29, 0.717) is 16.2 Å². The van der Waals surface area contributed by atoms with Crippen molar-refractivity contribution in [2.24, 2.45) is 0 Å². The minimum Gasteiger partial charge on any atom is -0.430 e. The number of hydrogen-bond acceptors (Lipinski definition) is 5. The lowest BCUT2D eigenvalue weighted by atomic mass is 10.3. The van der Waals surface area contributed by atoms with Gasteiger partial charge in [0.25, 0.3) is 0 Å². The fraction of sp³-hybridized carbons (Fsp3) is 0.0833. The summed E-state index contributed by atoms with van der Waals surface area (Å²) in [5, 5.41) is 13.8. The predicted octanol–water partition coefficient (Wildman–Crippen LogP) is 4.64. The van der Waals surface area contributed by atoms with E-state index in [1.807, 2.05) is 16.0 Å². The Hall–Kier alpha value is -1.64. The molecule has 0 saturated carbocycles. The van der Waals surface area contributed by atoms with E-state index in [-0.39, 0.29) is 11.4 Å². The van der Waals surface area contributed by atoms with Crippen molar-refractivity contribution in [2.45, 2.75) is 5.33 Å². The van der Waals surface area contributed by atoms with E-state index in [9.17, 15) is 10.1 Å². The van der Waals surface area contributed by atoms with Gasteiger partial charge in [0.2, 0.25) is 11.6 Å². The highest BCUT2D eigenvalue weighted by atomic mass is 79.9. The Morgan fingerprint density at radius 1 is 1.52 bits per heavy atom. The highest BCUT2D eigenvalue weighted by Crippen LogP contribution is 2.36. The second-order valence-electron chi connectivity index (χ2n) is 4.02. The molecule has 6 nitrogen and oxygen atoms in total. The summed E-state index contributed by atoms with van der Waals surface area (Å²) in [5.74, 6) is 0.393. The molecule has 108 valence electrons. The van der Waals surface area contributed by atoms with Gasteiger partial charge in [-0.15, -0.1) is 11.3 Å². The zero-order valence-electron chi connectivity index (χ0n) is 10.3. The van der Waals surface area contributed by atoms with E-state index in [0.717, 1.165) is 10.7 Å². The van der Waals surface area contributed by atoms with Crippen LogP contribution in [0.2, 0.25) is 5.02 Å². The minimum atomic E-state index is -0.516. The first kappa shape index (κ1) is 14.3. The number of ether oxygens (including phenoxy) is 1. The first-order valence-corrected chi connectivity index (χ1v) is 8.10. The Balaban J connectivity index is 2.07. The molecule has 0 fully saturated rings. The van der Waals surface area contributed by atoms with Crippen molar-refractivity contribution >= 4 is 49.5 Å². The molecule has 3 aromatic rings. The van der Waals surface area contributed by atoms with Gasteiger partial charge in [0.15, 0.2) is 4.96 Å². The van der Waals surface area contributed by atoms with Crippen molar-refractivity contribution in [3.05, 3.63) is 50.6 Å². The Bertz CT molecular complexity index is 832. The molecule has 0 aliphatic heterocycles. The Morgan fingerprint density at radius 2 is 2.33 bits per heavy atom. The van der Waals surface area contributed by atoms with Crippen LogP contribution in [0.15, 0.2) is 29.8 Å². The summed E-state index contributed by atoms with van der Waals surface area (Å²) in [5.41, 5.74) is 0.622. The van der Waals surface area contributed by atoms with E-state index >= 15 is 0 Å². The number of fused-ring (bicyclic) bond motifs is 1. The molecule has 0 radical (unpaired) electrons. The van der Waals surface area contributed by atoms with Crippen molar-refractivity contribution in [2.75, 3.05) is 0 Å². The molecule has 2 heterocycles. The van der Waals surface area contributed by atoms with Crippen molar-refractivity contribution < 1.29 is 9.66 Å². The number of nitro benzene ring substituents is 1. The monoisotopic (exact) mass is 387 g/mol. The molecule has 3 rings (SSSR count). The topological polar surface area (TPSA) is 69.7 Å². The molecule has 9 heteroatoms. The van der Waals surface area contributed by atoms with Crippen LogP contribution in [0.1, 0.15) is 5.69 Å². The minimum absolute atomic E-state index is 0.0699. The number of nitro groups is 1. The van der Waals surface area contributed by atoms with E-state index < -0.39 is 4.92 Å². The standard InChI is InChI=1S/C12H7BrClN3O3S/c13-6-9-11(15-12-16(9)3-4-21-12)20-10-5-7(14)1-2-8(10)17(18)19/h1-5H,6H2. The molecule has 0 amide bonds. The Kier molecular flexibility index (Phi) is 3.83. The summed E-state index contributed by atoms with van der Waals surface area (Å²) in [6, 6.07) is 4.17. The lowest BCUT2D eigenvalue weighted by Crippen LogP contribution is -1.95. The van der Waals surface area contributed by atoms with Gasteiger partial charge in [0.1, 0.15) is 0 Å². The third-order valence-electron chi connectivity index (χ3n) is 2.78. The third kappa shape index (κ3) is 2.61. The van der Waals surface area contributed by atoms with Crippen molar-refractivity contribution in [3.8, 4) is 11.6 Å². The number of halogens is 2. The number of nitrogens with zero attached hydrogens (tertiary/aromatic N) is 3. The van der Waals surface area contributed by atoms with Gasteiger partial charge in [-0.2, -0.15) is 4.98 Å². The second-order valence-corrected chi connectivity index (χ2v) is 5.89. The second kappa shape index (κ2) is 5.63. The summed E-state index contributed by atoms with van der Waals surface area (Å²) < 4.78 is 7.50. The molecule has 0 aliphatic carbocycles. The lowest BCUT2D eigenvalue weighted by Gasteiger charge is -2.05. The Morgan fingerprint density at radius 3 is 3.05 bits per heavy atom. The number of imidazole rings is 1. The molecule has 0 N–H and O–H groups in total. The highest BCUT2D eigenvalue weighted by molar-refractivity contribution is 9.08. The van der Waals surface area contributed by atoms with Gasteiger partial charge in [-0.25, -0.2) is 0 Å². The van der Waals surface area contributed by atoms with Gasteiger partial charge >= 0.3 is 5.69 Å². The van der Waals surface area contributed by atoms with Crippen LogP contribution in [-0.2, 0) is 5.33 Å². The molecule has 2 aromatic heterocycles. The first-order valence-electron chi connectivity index (χ1n) is 5.72. The van der Waals surface area contributed by atoms with Gasteiger partial charge in [-0.05, 0) is 6.07 Å². The number of rotatable bonds is 4. The molecule has 0 aliphatic rings. The van der Waals surface area contributed by atoms with E-state index in [1.165, 1.54) is 29.5 Å². The zero-order valence-corrected chi connectivity index (χ0v) is 13.5. The predicted molar refractivity (Wildman–Crippen MR) is 83.9 cm³/mol. The summed E-state index contributed by atoms with van der Waals surface area (Å²) in [6.45, 7) is 0. The Labute approximate surface area is 136 Å². The van der Waals surface area contributed by atoms with Crippen LogP contribution < -0.4 is 4.74 Å².